The largest absolute Gasteiger partial charge is 0.456 e. The number of carbonyl (C=O) groups excluding carboxylic acids is 1. The predicted molar refractivity (Wildman–Crippen MR) is 128 cm³/mol. The Morgan fingerprint density at radius 2 is 1.94 bits per heavy atom. The summed E-state index contributed by atoms with van der Waals surface area (Å²) in [6, 6.07) is 19.0. The molecule has 1 aliphatic heterocycles. The number of ether oxygens (including phenoxy) is 1. The number of benzene rings is 3. The zero-order valence-corrected chi connectivity index (χ0v) is 18.0. The van der Waals surface area contributed by atoms with E-state index in [0.29, 0.717) is 47.8 Å². The van der Waals surface area contributed by atoms with E-state index in [0.717, 1.165) is 16.4 Å². The van der Waals surface area contributed by atoms with Crippen molar-refractivity contribution in [1.82, 2.24) is 4.90 Å². The van der Waals surface area contributed by atoms with Gasteiger partial charge in [-0.1, -0.05) is 36.4 Å². The SMILES string of the molecule is COCCN1C=C(c2cccc(F)c2)C(=NC(=O)Nc2cccc3oc4ccccc4c23)C1. The van der Waals surface area contributed by atoms with E-state index in [2.05, 4.69) is 10.3 Å². The second-order valence-corrected chi connectivity index (χ2v) is 7.78. The third-order valence-corrected chi connectivity index (χ3v) is 5.57. The van der Waals surface area contributed by atoms with Crippen molar-refractivity contribution in [3.05, 3.63) is 84.3 Å². The van der Waals surface area contributed by atoms with Gasteiger partial charge in [0, 0.05) is 30.8 Å². The molecule has 0 saturated heterocycles. The number of halogens is 1. The lowest BCUT2D eigenvalue weighted by Crippen LogP contribution is -2.23. The van der Waals surface area contributed by atoms with Gasteiger partial charge in [-0.3, -0.25) is 0 Å². The third-order valence-electron chi connectivity index (χ3n) is 5.57. The Morgan fingerprint density at radius 3 is 2.79 bits per heavy atom. The Bertz CT molecular complexity index is 1410. The van der Waals surface area contributed by atoms with Gasteiger partial charge in [-0.25, -0.2) is 9.18 Å². The zero-order chi connectivity index (χ0) is 22.8. The molecule has 0 unspecified atom stereocenters. The van der Waals surface area contributed by atoms with E-state index in [9.17, 15) is 9.18 Å². The van der Waals surface area contributed by atoms with Gasteiger partial charge in [-0.05, 0) is 35.9 Å². The van der Waals surface area contributed by atoms with Crippen LogP contribution >= 0.6 is 0 Å². The standard InChI is InChI=1S/C26H22FN3O3/c1-32-13-12-30-15-20(17-6-4-7-18(27)14-17)22(16-30)29-26(31)28-21-9-5-11-24-25(21)19-8-2-3-10-23(19)33-24/h2-11,14-15H,12-13,16H2,1H3,(H,28,31). The number of nitrogens with one attached hydrogen (secondary N) is 1. The van der Waals surface area contributed by atoms with Crippen LogP contribution in [-0.2, 0) is 4.74 Å². The smallest absolute Gasteiger partial charge is 0.345 e. The van der Waals surface area contributed by atoms with Crippen molar-refractivity contribution in [2.24, 2.45) is 4.99 Å². The minimum atomic E-state index is -0.501. The summed E-state index contributed by atoms with van der Waals surface area (Å²) in [5.41, 5.74) is 4.02. The minimum absolute atomic E-state index is 0.342. The van der Waals surface area contributed by atoms with Crippen LogP contribution in [0.5, 0.6) is 0 Å². The molecule has 1 N–H and O–H groups in total. The van der Waals surface area contributed by atoms with Crippen molar-refractivity contribution < 1.29 is 18.3 Å². The van der Waals surface area contributed by atoms with Gasteiger partial charge >= 0.3 is 6.03 Å². The number of hydrogen-bond donors (Lipinski definition) is 1. The van der Waals surface area contributed by atoms with Crippen molar-refractivity contribution in [3.8, 4) is 0 Å². The Balaban J connectivity index is 1.46. The first-order chi connectivity index (χ1) is 16.1. The fraction of sp³-hybridized carbons (Fsp3) is 0.154. The number of carbonyl (C=O) groups is 1. The van der Waals surface area contributed by atoms with Crippen LogP contribution < -0.4 is 5.32 Å². The lowest BCUT2D eigenvalue weighted by atomic mass is 10.0. The van der Waals surface area contributed by atoms with Gasteiger partial charge in [0.15, 0.2) is 0 Å². The van der Waals surface area contributed by atoms with Crippen LogP contribution in [0.2, 0.25) is 0 Å². The quantitative estimate of drug-likeness (QED) is 0.430. The number of amides is 2. The molecular formula is C26H22FN3O3. The zero-order valence-electron chi connectivity index (χ0n) is 18.0. The number of para-hydroxylation sites is 1. The maximum absolute atomic E-state index is 13.9. The van der Waals surface area contributed by atoms with E-state index in [1.807, 2.05) is 53.6 Å². The number of methoxy groups -OCH3 is 1. The molecule has 3 aromatic carbocycles. The third kappa shape index (κ3) is 4.23. The van der Waals surface area contributed by atoms with Crippen LogP contribution in [-0.4, -0.2) is 43.4 Å². The summed E-state index contributed by atoms with van der Waals surface area (Å²) in [7, 11) is 1.63. The highest BCUT2D eigenvalue weighted by molar-refractivity contribution is 6.29. The van der Waals surface area contributed by atoms with E-state index in [-0.39, 0.29) is 5.82 Å². The molecule has 0 aliphatic carbocycles. The normalized spacial score (nSPS) is 14.9. The van der Waals surface area contributed by atoms with Crippen LogP contribution in [0, 0.1) is 5.82 Å². The highest BCUT2D eigenvalue weighted by atomic mass is 19.1. The van der Waals surface area contributed by atoms with Crippen molar-refractivity contribution in [1.29, 1.82) is 0 Å². The monoisotopic (exact) mass is 443 g/mol. The van der Waals surface area contributed by atoms with Gasteiger partial charge < -0.3 is 19.4 Å². The highest BCUT2D eigenvalue weighted by Crippen LogP contribution is 2.34. The summed E-state index contributed by atoms with van der Waals surface area (Å²) in [4.78, 5) is 19.3. The molecule has 4 aromatic rings. The predicted octanol–water partition coefficient (Wildman–Crippen LogP) is 5.70. The van der Waals surface area contributed by atoms with Gasteiger partial charge in [-0.2, -0.15) is 4.99 Å². The van der Waals surface area contributed by atoms with Gasteiger partial charge in [0.25, 0.3) is 0 Å². The summed E-state index contributed by atoms with van der Waals surface area (Å²) in [5.74, 6) is -0.342. The van der Waals surface area contributed by atoms with Crippen LogP contribution in [0.1, 0.15) is 5.56 Å². The van der Waals surface area contributed by atoms with E-state index in [1.165, 1.54) is 12.1 Å². The number of urea groups is 1. The van der Waals surface area contributed by atoms with Gasteiger partial charge in [0.2, 0.25) is 0 Å². The number of furan rings is 1. The van der Waals surface area contributed by atoms with Crippen molar-refractivity contribution in [2.45, 2.75) is 0 Å². The Hall–Kier alpha value is -3.97. The van der Waals surface area contributed by atoms with Gasteiger partial charge in [0.05, 0.1) is 29.9 Å². The molecule has 0 spiro atoms. The van der Waals surface area contributed by atoms with E-state index in [1.54, 1.807) is 19.2 Å². The molecule has 2 amide bonds. The molecule has 6 nitrogen and oxygen atoms in total. The summed E-state index contributed by atoms with van der Waals surface area (Å²) < 4.78 is 24.9. The number of aliphatic imine (C=N–C) groups is 1. The topological polar surface area (TPSA) is 67.1 Å². The molecule has 0 fully saturated rings. The van der Waals surface area contributed by atoms with Crippen molar-refractivity contribution in [2.75, 3.05) is 32.1 Å². The molecule has 7 heteroatoms. The molecule has 0 saturated carbocycles. The van der Waals surface area contributed by atoms with Crippen molar-refractivity contribution in [3.63, 3.8) is 0 Å². The Kier molecular flexibility index (Phi) is 5.62. The Morgan fingerprint density at radius 1 is 1.12 bits per heavy atom. The molecule has 1 aliphatic rings. The summed E-state index contributed by atoms with van der Waals surface area (Å²) >= 11 is 0. The fourth-order valence-corrected chi connectivity index (χ4v) is 4.07. The van der Waals surface area contributed by atoms with Crippen LogP contribution in [0.3, 0.4) is 0 Å². The number of nitrogens with zero attached hydrogens (tertiary/aromatic N) is 2. The molecule has 0 bridgehead atoms. The lowest BCUT2D eigenvalue weighted by Gasteiger charge is -2.13. The van der Waals surface area contributed by atoms with E-state index in [4.69, 9.17) is 9.15 Å². The van der Waals surface area contributed by atoms with Crippen molar-refractivity contribution >= 4 is 44.9 Å². The summed E-state index contributed by atoms with van der Waals surface area (Å²) in [5, 5.41) is 4.65. The molecule has 2 heterocycles. The summed E-state index contributed by atoms with van der Waals surface area (Å²) in [6.45, 7) is 1.60. The second-order valence-electron chi connectivity index (χ2n) is 7.78. The first-order valence-corrected chi connectivity index (χ1v) is 10.6. The molecule has 0 atom stereocenters. The molecule has 5 rings (SSSR count). The molecule has 33 heavy (non-hydrogen) atoms. The fourth-order valence-electron chi connectivity index (χ4n) is 4.07. The molecule has 0 radical (unpaired) electrons. The van der Waals surface area contributed by atoms with Crippen LogP contribution in [0.15, 0.2) is 82.3 Å². The van der Waals surface area contributed by atoms with Crippen LogP contribution in [0.25, 0.3) is 27.5 Å². The lowest BCUT2D eigenvalue weighted by molar-refractivity contribution is 0.176. The van der Waals surface area contributed by atoms with Gasteiger partial charge in [-0.15, -0.1) is 0 Å². The van der Waals surface area contributed by atoms with E-state index >= 15 is 0 Å². The first-order valence-electron chi connectivity index (χ1n) is 10.6. The maximum atomic E-state index is 13.9. The minimum Gasteiger partial charge on any atom is -0.456 e. The molecule has 166 valence electrons. The number of rotatable bonds is 5. The number of fused-ring (bicyclic) bond motifs is 3. The second kappa shape index (κ2) is 8.88. The maximum Gasteiger partial charge on any atom is 0.345 e. The number of anilines is 1. The summed E-state index contributed by atoms with van der Waals surface area (Å²) in [6.07, 6.45) is 1.89. The molecule has 1 aromatic heterocycles. The molecular weight excluding hydrogens is 421 g/mol. The average Bonchev–Trinajstić information content (AvgIpc) is 3.39. The number of hydrogen-bond acceptors (Lipinski definition) is 4. The Labute approximate surface area is 190 Å². The highest BCUT2D eigenvalue weighted by Gasteiger charge is 2.23. The average molecular weight is 443 g/mol. The van der Waals surface area contributed by atoms with E-state index < -0.39 is 6.03 Å². The first kappa shape index (κ1) is 20.9. The van der Waals surface area contributed by atoms with Gasteiger partial charge in [0.1, 0.15) is 17.0 Å². The van der Waals surface area contributed by atoms with Crippen LogP contribution in [0.4, 0.5) is 14.9 Å².